The molecular weight excluding hydrogens is 378 g/mol. The molecule has 1 saturated heterocycles. The van der Waals surface area contributed by atoms with Crippen LogP contribution in [0.25, 0.3) is 0 Å². The summed E-state index contributed by atoms with van der Waals surface area (Å²) in [7, 11) is 0. The normalized spacial score (nSPS) is 37.8. The Balaban J connectivity index is 1.32. The van der Waals surface area contributed by atoms with Gasteiger partial charge in [-0.1, -0.05) is 32.6 Å². The molecule has 5 aliphatic rings. The molecule has 4 nitrogen and oxygen atoms in total. The van der Waals surface area contributed by atoms with Crippen molar-refractivity contribution in [1.29, 1.82) is 5.26 Å². The summed E-state index contributed by atoms with van der Waals surface area (Å²) in [6.07, 6.45) is 16.7. The van der Waals surface area contributed by atoms with E-state index in [2.05, 4.69) is 30.1 Å². The maximum atomic E-state index is 12.8. The molecule has 29 heavy (non-hydrogen) atoms. The maximum absolute atomic E-state index is 12.8. The lowest BCUT2D eigenvalue weighted by Crippen LogP contribution is -2.64. The minimum atomic E-state index is -0.199. The zero-order valence-electron chi connectivity index (χ0n) is 18.3. The van der Waals surface area contributed by atoms with Crippen LogP contribution in [-0.4, -0.2) is 46.0 Å². The number of amides is 1. The summed E-state index contributed by atoms with van der Waals surface area (Å²) < 4.78 is 0.466. The number of hydrogen-bond donors (Lipinski definition) is 1. The molecule has 1 amide bonds. The van der Waals surface area contributed by atoms with E-state index in [0.29, 0.717) is 11.3 Å². The van der Waals surface area contributed by atoms with E-state index in [1.807, 2.05) is 4.90 Å². The molecule has 5 fully saturated rings. The van der Waals surface area contributed by atoms with E-state index >= 15 is 0 Å². The van der Waals surface area contributed by atoms with Gasteiger partial charge >= 0.3 is 0 Å². The fourth-order valence-corrected chi connectivity index (χ4v) is 8.98. The summed E-state index contributed by atoms with van der Waals surface area (Å²) in [5.41, 5.74) is 0.177. The van der Waals surface area contributed by atoms with Crippen LogP contribution in [-0.2, 0) is 4.79 Å². The standard InChI is InChI=1S/C24H39N3OS/c1-2-3-4-5-6-10-29-24-14-19-11-20(15-24)13-23(12-19,18-24)26-17-22(28)27-9-7-8-21(27)16-25/h19-21,26H,2-15,17-18H2,1H3/t19-,20?,21-,23?,24?/m0/s1. The van der Waals surface area contributed by atoms with Gasteiger partial charge in [-0.05, 0) is 75.4 Å². The van der Waals surface area contributed by atoms with Crippen LogP contribution in [0.2, 0.25) is 0 Å². The molecule has 4 bridgehead atoms. The third kappa shape index (κ3) is 4.79. The van der Waals surface area contributed by atoms with Crippen molar-refractivity contribution in [2.24, 2.45) is 11.8 Å². The van der Waals surface area contributed by atoms with Gasteiger partial charge in [0.1, 0.15) is 6.04 Å². The predicted octanol–water partition coefficient (Wildman–Crippen LogP) is 4.89. The van der Waals surface area contributed by atoms with Crippen molar-refractivity contribution >= 4 is 17.7 Å². The second-order valence-electron chi connectivity index (χ2n) is 10.4. The summed E-state index contributed by atoms with van der Waals surface area (Å²) in [6.45, 7) is 3.47. The number of unbranched alkanes of at least 4 members (excludes halogenated alkanes) is 4. The Labute approximate surface area is 181 Å². The van der Waals surface area contributed by atoms with Gasteiger partial charge in [0, 0.05) is 16.8 Å². The first-order valence-corrected chi connectivity index (χ1v) is 13.1. The molecule has 4 aliphatic carbocycles. The number of nitriles is 1. The summed E-state index contributed by atoms with van der Waals surface area (Å²) in [4.78, 5) is 14.6. The zero-order chi connectivity index (χ0) is 20.3. The summed E-state index contributed by atoms with van der Waals surface area (Å²) in [5.74, 6) is 3.16. The van der Waals surface area contributed by atoms with Crippen LogP contribution in [0.1, 0.15) is 90.4 Å². The molecule has 1 aliphatic heterocycles. The highest BCUT2D eigenvalue weighted by atomic mass is 32.2. The summed E-state index contributed by atoms with van der Waals surface area (Å²) in [6, 6.07) is 2.11. The van der Waals surface area contributed by atoms with E-state index in [9.17, 15) is 10.1 Å². The minimum Gasteiger partial charge on any atom is -0.326 e. The van der Waals surface area contributed by atoms with E-state index in [1.165, 1.54) is 76.4 Å². The first-order chi connectivity index (χ1) is 14.1. The van der Waals surface area contributed by atoms with E-state index in [0.717, 1.165) is 31.2 Å². The molecule has 5 atom stereocenters. The van der Waals surface area contributed by atoms with Crippen LogP contribution in [0.15, 0.2) is 0 Å². The second-order valence-corrected chi connectivity index (χ2v) is 12.0. The van der Waals surface area contributed by atoms with Gasteiger partial charge in [-0.3, -0.25) is 4.79 Å². The lowest BCUT2D eigenvalue weighted by molar-refractivity contribution is -0.131. The Hall–Kier alpha value is -0.730. The van der Waals surface area contributed by atoms with Crippen molar-refractivity contribution in [2.45, 2.75) is 107 Å². The molecule has 0 spiro atoms. The van der Waals surface area contributed by atoms with Gasteiger partial charge in [-0.15, -0.1) is 0 Å². The number of rotatable bonds is 10. The highest BCUT2D eigenvalue weighted by Crippen LogP contribution is 2.62. The fourth-order valence-electron chi connectivity index (χ4n) is 7.11. The molecule has 1 N–H and O–H groups in total. The quantitative estimate of drug-likeness (QED) is 0.514. The molecule has 5 rings (SSSR count). The number of nitrogens with zero attached hydrogens (tertiary/aromatic N) is 2. The molecule has 162 valence electrons. The Morgan fingerprint density at radius 3 is 2.66 bits per heavy atom. The molecule has 1 heterocycles. The number of hydrogen-bond acceptors (Lipinski definition) is 4. The molecule has 3 unspecified atom stereocenters. The molecule has 5 heteroatoms. The minimum absolute atomic E-state index is 0.141. The van der Waals surface area contributed by atoms with Crippen molar-refractivity contribution in [3.8, 4) is 6.07 Å². The Morgan fingerprint density at radius 2 is 1.93 bits per heavy atom. The summed E-state index contributed by atoms with van der Waals surface area (Å²) in [5, 5.41) is 13.1. The van der Waals surface area contributed by atoms with E-state index in [4.69, 9.17) is 0 Å². The van der Waals surface area contributed by atoms with E-state index in [-0.39, 0.29) is 17.5 Å². The van der Waals surface area contributed by atoms with Gasteiger partial charge in [0.15, 0.2) is 0 Å². The smallest absolute Gasteiger partial charge is 0.237 e. The van der Waals surface area contributed by atoms with Crippen molar-refractivity contribution < 1.29 is 4.79 Å². The van der Waals surface area contributed by atoms with Gasteiger partial charge in [0.2, 0.25) is 5.91 Å². The molecule has 0 aromatic carbocycles. The van der Waals surface area contributed by atoms with Gasteiger partial charge in [-0.25, -0.2) is 0 Å². The third-order valence-corrected chi connectivity index (χ3v) is 9.58. The number of likely N-dealkylation sites (tertiary alicyclic amines) is 1. The lowest BCUT2D eigenvalue weighted by Gasteiger charge is -2.62. The molecule has 4 saturated carbocycles. The highest BCUT2D eigenvalue weighted by molar-refractivity contribution is 8.00. The van der Waals surface area contributed by atoms with Crippen LogP contribution >= 0.6 is 11.8 Å². The Kier molecular flexibility index (Phi) is 6.81. The average Bonchev–Trinajstić information content (AvgIpc) is 3.17. The number of nitrogens with one attached hydrogen (secondary N) is 1. The third-order valence-electron chi connectivity index (χ3n) is 8.00. The van der Waals surface area contributed by atoms with Crippen molar-refractivity contribution in [2.75, 3.05) is 18.8 Å². The van der Waals surface area contributed by atoms with Gasteiger partial charge in [0.05, 0.1) is 12.6 Å². The largest absolute Gasteiger partial charge is 0.326 e. The first-order valence-electron chi connectivity index (χ1n) is 12.2. The number of carbonyl (C=O) groups excluding carboxylic acids is 1. The number of thioether (sulfide) groups is 1. The second kappa shape index (κ2) is 9.18. The summed E-state index contributed by atoms with van der Waals surface area (Å²) >= 11 is 2.28. The predicted molar refractivity (Wildman–Crippen MR) is 120 cm³/mol. The van der Waals surface area contributed by atoms with Gasteiger partial charge in [0.25, 0.3) is 0 Å². The Bertz CT molecular complexity index is 616. The lowest BCUT2D eigenvalue weighted by atomic mass is 9.52. The number of carbonyl (C=O) groups is 1. The fraction of sp³-hybridized carbons (Fsp3) is 0.917. The molecule has 0 aromatic rings. The molecule has 0 radical (unpaired) electrons. The van der Waals surface area contributed by atoms with Crippen molar-refractivity contribution in [1.82, 2.24) is 10.2 Å². The van der Waals surface area contributed by atoms with E-state index in [1.54, 1.807) is 0 Å². The molecular formula is C24H39N3OS. The SMILES string of the molecule is CCCCCCCSC12CC3C[C@@H](CC(NCC(=O)N4CCC[C@H]4C#N)(C3)C1)C2. The van der Waals surface area contributed by atoms with Crippen LogP contribution in [0, 0.1) is 23.2 Å². The van der Waals surface area contributed by atoms with Crippen molar-refractivity contribution in [3.05, 3.63) is 0 Å². The van der Waals surface area contributed by atoms with Gasteiger partial charge in [-0.2, -0.15) is 17.0 Å². The van der Waals surface area contributed by atoms with E-state index < -0.39 is 0 Å². The Morgan fingerprint density at radius 1 is 1.17 bits per heavy atom. The van der Waals surface area contributed by atoms with Crippen LogP contribution in [0.3, 0.4) is 0 Å². The molecule has 0 aromatic heterocycles. The topological polar surface area (TPSA) is 56.1 Å². The van der Waals surface area contributed by atoms with Crippen LogP contribution in [0.4, 0.5) is 0 Å². The first kappa shape index (κ1) is 21.5. The van der Waals surface area contributed by atoms with Crippen LogP contribution in [0.5, 0.6) is 0 Å². The highest BCUT2D eigenvalue weighted by Gasteiger charge is 2.57. The maximum Gasteiger partial charge on any atom is 0.237 e. The van der Waals surface area contributed by atoms with Gasteiger partial charge < -0.3 is 10.2 Å². The zero-order valence-corrected chi connectivity index (χ0v) is 19.1. The average molecular weight is 418 g/mol. The monoisotopic (exact) mass is 417 g/mol. The van der Waals surface area contributed by atoms with Crippen molar-refractivity contribution in [3.63, 3.8) is 0 Å². The van der Waals surface area contributed by atoms with Crippen LogP contribution < -0.4 is 5.32 Å².